The third kappa shape index (κ3) is 5.39. The molecule has 0 atom stereocenters. The highest BCUT2D eigenvalue weighted by molar-refractivity contribution is 6.04. The molecule has 2 heterocycles. The van der Waals surface area contributed by atoms with E-state index in [0.717, 1.165) is 31.0 Å². The van der Waals surface area contributed by atoms with Gasteiger partial charge in [0.05, 0.1) is 0 Å². The number of likely N-dealkylation sites (tertiary alicyclic amines) is 1. The van der Waals surface area contributed by atoms with Crippen molar-refractivity contribution < 1.29 is 4.79 Å². The molecule has 2 N–H and O–H groups in total. The highest BCUT2D eigenvalue weighted by Crippen LogP contribution is 2.18. The van der Waals surface area contributed by atoms with Crippen LogP contribution in [-0.2, 0) is 6.54 Å². The summed E-state index contributed by atoms with van der Waals surface area (Å²) in [7, 11) is 0. The SMILES string of the molecule is O=C(Nc1cccc(CN2CCCCC2)c1)c1cccc(Nc2ncccn2)c1. The van der Waals surface area contributed by atoms with Crippen LogP contribution in [0.4, 0.5) is 17.3 Å². The van der Waals surface area contributed by atoms with Crippen molar-refractivity contribution in [3.05, 3.63) is 78.1 Å². The average molecular weight is 387 g/mol. The first-order chi connectivity index (χ1) is 14.3. The molecule has 0 radical (unpaired) electrons. The van der Waals surface area contributed by atoms with Gasteiger partial charge in [0.2, 0.25) is 5.95 Å². The van der Waals surface area contributed by atoms with Crippen molar-refractivity contribution in [2.75, 3.05) is 23.7 Å². The summed E-state index contributed by atoms with van der Waals surface area (Å²) in [5, 5.41) is 6.12. The van der Waals surface area contributed by atoms with Crippen molar-refractivity contribution in [2.45, 2.75) is 25.8 Å². The second kappa shape index (κ2) is 9.30. The first-order valence-electron chi connectivity index (χ1n) is 10.0. The Morgan fingerprint density at radius 1 is 0.897 bits per heavy atom. The fraction of sp³-hybridized carbons (Fsp3) is 0.261. The lowest BCUT2D eigenvalue weighted by molar-refractivity contribution is 0.102. The number of carbonyl (C=O) groups is 1. The van der Waals surface area contributed by atoms with Crippen LogP contribution >= 0.6 is 0 Å². The zero-order valence-corrected chi connectivity index (χ0v) is 16.3. The molecule has 1 fully saturated rings. The number of hydrogen-bond acceptors (Lipinski definition) is 5. The quantitative estimate of drug-likeness (QED) is 0.654. The molecule has 3 aromatic rings. The maximum atomic E-state index is 12.7. The number of anilines is 3. The topological polar surface area (TPSA) is 70.2 Å². The van der Waals surface area contributed by atoms with E-state index < -0.39 is 0 Å². The summed E-state index contributed by atoms with van der Waals surface area (Å²) in [6.45, 7) is 3.24. The lowest BCUT2D eigenvalue weighted by Crippen LogP contribution is -2.29. The maximum Gasteiger partial charge on any atom is 0.255 e. The first-order valence-corrected chi connectivity index (χ1v) is 10.0. The predicted molar refractivity (Wildman–Crippen MR) is 115 cm³/mol. The zero-order valence-electron chi connectivity index (χ0n) is 16.3. The van der Waals surface area contributed by atoms with Gasteiger partial charge in [-0.1, -0.05) is 24.6 Å². The molecule has 0 aliphatic carbocycles. The van der Waals surface area contributed by atoms with Gasteiger partial charge in [-0.25, -0.2) is 9.97 Å². The number of nitrogens with zero attached hydrogens (tertiary/aromatic N) is 3. The van der Waals surface area contributed by atoms with Crippen LogP contribution in [0.5, 0.6) is 0 Å². The summed E-state index contributed by atoms with van der Waals surface area (Å²) in [5.74, 6) is 0.355. The zero-order chi connectivity index (χ0) is 19.9. The Labute approximate surface area is 171 Å². The van der Waals surface area contributed by atoms with Gasteiger partial charge in [0.1, 0.15) is 0 Å². The minimum Gasteiger partial charge on any atom is -0.324 e. The average Bonchev–Trinajstić information content (AvgIpc) is 2.76. The van der Waals surface area contributed by atoms with E-state index in [4.69, 9.17) is 0 Å². The standard InChI is InChI=1S/C23H25N5O/c29-22(19-8-5-10-21(16-19)27-23-24-11-6-12-25-23)26-20-9-4-7-18(15-20)17-28-13-2-1-3-14-28/h4-12,15-16H,1-3,13-14,17H2,(H,26,29)(H,24,25,27). The number of hydrogen-bond donors (Lipinski definition) is 2. The summed E-state index contributed by atoms with van der Waals surface area (Å²) in [5.41, 5.74) is 3.38. The van der Waals surface area contributed by atoms with E-state index in [-0.39, 0.29) is 5.91 Å². The van der Waals surface area contributed by atoms with Crippen molar-refractivity contribution >= 4 is 23.2 Å². The molecule has 148 valence electrons. The summed E-state index contributed by atoms with van der Waals surface area (Å²) in [6.07, 6.45) is 7.21. The molecular formula is C23H25N5O. The highest BCUT2D eigenvalue weighted by Gasteiger charge is 2.12. The summed E-state index contributed by atoms with van der Waals surface area (Å²) < 4.78 is 0. The fourth-order valence-electron chi connectivity index (χ4n) is 3.56. The molecule has 29 heavy (non-hydrogen) atoms. The number of carbonyl (C=O) groups excluding carboxylic acids is 1. The van der Waals surface area contributed by atoms with Crippen LogP contribution < -0.4 is 10.6 Å². The van der Waals surface area contributed by atoms with Crippen molar-refractivity contribution in [3.63, 3.8) is 0 Å². The Balaban J connectivity index is 1.41. The first kappa shape index (κ1) is 19.1. The van der Waals surface area contributed by atoms with Gasteiger partial charge < -0.3 is 10.6 Å². The van der Waals surface area contributed by atoms with Gasteiger partial charge in [-0.2, -0.15) is 0 Å². The van der Waals surface area contributed by atoms with Crippen LogP contribution in [0.3, 0.4) is 0 Å². The number of nitrogens with one attached hydrogen (secondary N) is 2. The molecule has 2 aromatic carbocycles. The maximum absolute atomic E-state index is 12.7. The fourth-order valence-corrected chi connectivity index (χ4v) is 3.56. The molecular weight excluding hydrogens is 362 g/mol. The number of aromatic nitrogens is 2. The van der Waals surface area contributed by atoms with Crippen LogP contribution in [0.15, 0.2) is 67.0 Å². The van der Waals surface area contributed by atoms with Gasteiger partial charge in [0, 0.05) is 35.9 Å². The molecule has 1 aliphatic rings. The minimum atomic E-state index is -0.141. The normalized spacial score (nSPS) is 14.3. The Bertz CT molecular complexity index is 954. The summed E-state index contributed by atoms with van der Waals surface area (Å²) in [6, 6.07) is 17.2. The molecule has 0 unspecified atom stereocenters. The third-order valence-electron chi connectivity index (χ3n) is 4.99. The summed E-state index contributed by atoms with van der Waals surface area (Å²) >= 11 is 0. The molecule has 6 nitrogen and oxygen atoms in total. The molecule has 0 bridgehead atoms. The van der Waals surface area contributed by atoms with E-state index in [1.807, 2.05) is 24.3 Å². The van der Waals surface area contributed by atoms with E-state index in [9.17, 15) is 4.79 Å². The van der Waals surface area contributed by atoms with E-state index in [2.05, 4.69) is 37.6 Å². The van der Waals surface area contributed by atoms with Gasteiger partial charge in [-0.3, -0.25) is 9.69 Å². The van der Waals surface area contributed by atoms with Gasteiger partial charge in [-0.05, 0) is 67.9 Å². The number of piperidine rings is 1. The molecule has 0 spiro atoms. The van der Waals surface area contributed by atoms with E-state index >= 15 is 0 Å². The smallest absolute Gasteiger partial charge is 0.255 e. The number of benzene rings is 2. The Morgan fingerprint density at radius 2 is 1.66 bits per heavy atom. The lowest BCUT2D eigenvalue weighted by atomic mass is 10.1. The monoisotopic (exact) mass is 387 g/mol. The second-order valence-corrected chi connectivity index (χ2v) is 7.27. The molecule has 1 aliphatic heterocycles. The van der Waals surface area contributed by atoms with Crippen molar-refractivity contribution in [2.24, 2.45) is 0 Å². The van der Waals surface area contributed by atoms with Crippen LogP contribution in [0.2, 0.25) is 0 Å². The molecule has 1 amide bonds. The number of rotatable bonds is 6. The third-order valence-corrected chi connectivity index (χ3v) is 4.99. The Hall–Kier alpha value is -3.25. The Morgan fingerprint density at radius 3 is 2.48 bits per heavy atom. The van der Waals surface area contributed by atoms with Crippen molar-refractivity contribution in [3.8, 4) is 0 Å². The number of amides is 1. The second-order valence-electron chi connectivity index (χ2n) is 7.27. The van der Waals surface area contributed by atoms with Gasteiger partial charge in [-0.15, -0.1) is 0 Å². The molecule has 1 saturated heterocycles. The van der Waals surface area contributed by atoms with Gasteiger partial charge in [0.25, 0.3) is 5.91 Å². The molecule has 1 aromatic heterocycles. The van der Waals surface area contributed by atoms with Gasteiger partial charge in [0.15, 0.2) is 0 Å². The van der Waals surface area contributed by atoms with Crippen LogP contribution in [0.1, 0.15) is 35.2 Å². The van der Waals surface area contributed by atoms with E-state index in [1.165, 1.54) is 24.8 Å². The Kier molecular flexibility index (Phi) is 6.12. The molecule has 0 saturated carbocycles. The largest absolute Gasteiger partial charge is 0.324 e. The van der Waals surface area contributed by atoms with Crippen LogP contribution in [-0.4, -0.2) is 33.9 Å². The van der Waals surface area contributed by atoms with Crippen LogP contribution in [0, 0.1) is 0 Å². The predicted octanol–water partition coefficient (Wildman–Crippen LogP) is 4.46. The minimum absolute atomic E-state index is 0.141. The van der Waals surface area contributed by atoms with Crippen molar-refractivity contribution in [1.82, 2.24) is 14.9 Å². The van der Waals surface area contributed by atoms with Crippen molar-refractivity contribution in [1.29, 1.82) is 0 Å². The summed E-state index contributed by atoms with van der Waals surface area (Å²) in [4.78, 5) is 23.5. The van der Waals surface area contributed by atoms with E-state index in [1.54, 1.807) is 30.6 Å². The molecule has 6 heteroatoms. The van der Waals surface area contributed by atoms with E-state index in [0.29, 0.717) is 11.5 Å². The highest BCUT2D eigenvalue weighted by atomic mass is 16.1. The van der Waals surface area contributed by atoms with Crippen LogP contribution in [0.25, 0.3) is 0 Å². The molecule has 4 rings (SSSR count). The lowest BCUT2D eigenvalue weighted by Gasteiger charge is -2.26. The van der Waals surface area contributed by atoms with Gasteiger partial charge >= 0.3 is 0 Å².